The first-order chi connectivity index (χ1) is 8.20. The summed E-state index contributed by atoms with van der Waals surface area (Å²) in [6.07, 6.45) is -1.09. The third-order valence-corrected chi connectivity index (χ3v) is 1.22. The molecule has 4 heteroatoms. The number of aliphatic hydroxyl groups excluding tert-OH is 2. The van der Waals surface area contributed by atoms with Gasteiger partial charge in [-0.05, 0) is 42.4 Å². The van der Waals surface area contributed by atoms with Crippen LogP contribution in [0.2, 0.25) is 0 Å². The highest BCUT2D eigenvalue weighted by atomic mass is 16.5. The molecule has 0 saturated heterocycles. The van der Waals surface area contributed by atoms with E-state index in [1.807, 2.05) is 0 Å². The Morgan fingerprint density at radius 2 is 1.76 bits per heavy atom. The Balaban J connectivity index is 4.05. The van der Waals surface area contributed by atoms with Crippen molar-refractivity contribution in [3.05, 3.63) is 0 Å². The lowest BCUT2D eigenvalue weighted by Gasteiger charge is -2.04. The van der Waals surface area contributed by atoms with Crippen LogP contribution < -0.4 is 0 Å². The molecule has 4 nitrogen and oxygen atoms in total. The Bertz CT molecular complexity index is 488. The lowest BCUT2D eigenvalue weighted by atomic mass is 10.4. The van der Waals surface area contributed by atoms with E-state index in [-0.39, 0.29) is 6.61 Å². The molecule has 0 aromatic carbocycles. The smallest absolute Gasteiger partial charge is 0.385 e. The minimum absolute atomic E-state index is 0.302. The number of carbonyl (C=O) groups is 1. The maximum absolute atomic E-state index is 10.9. The normalized spacial score (nSPS) is 8.65. The summed E-state index contributed by atoms with van der Waals surface area (Å²) >= 11 is 0. The molecule has 0 heterocycles. The van der Waals surface area contributed by atoms with E-state index < -0.39 is 18.7 Å². The average molecular weight is 230 g/mol. The van der Waals surface area contributed by atoms with Gasteiger partial charge in [-0.15, -0.1) is 0 Å². The van der Waals surface area contributed by atoms with E-state index in [9.17, 15) is 4.79 Å². The van der Waals surface area contributed by atoms with Gasteiger partial charge in [0.1, 0.15) is 12.7 Å². The Kier molecular flexibility index (Phi) is 8.74. The van der Waals surface area contributed by atoms with Crippen molar-refractivity contribution in [2.75, 3.05) is 13.2 Å². The summed E-state index contributed by atoms with van der Waals surface area (Å²) < 4.78 is 4.49. The molecule has 0 aromatic heterocycles. The standard InChI is InChI=1S/C13H10O4/c1-2-3-4-5-6-7-8-9-13(16)17-11-12(15)10-14/h12,14-15H,10-11H2,1H3. The summed E-state index contributed by atoms with van der Waals surface area (Å²) in [5.41, 5.74) is 0. The molecule has 0 spiro atoms. The third kappa shape index (κ3) is 9.92. The van der Waals surface area contributed by atoms with Crippen LogP contribution in [0.3, 0.4) is 0 Å². The molecule has 0 aliphatic heterocycles. The van der Waals surface area contributed by atoms with Crippen LogP contribution in [0.1, 0.15) is 6.92 Å². The number of carbonyl (C=O) groups excluding carboxylic acids is 1. The molecule has 0 saturated carbocycles. The molecule has 0 amide bonds. The molecule has 0 bridgehead atoms. The van der Waals surface area contributed by atoms with Gasteiger partial charge in [0.15, 0.2) is 0 Å². The highest BCUT2D eigenvalue weighted by Gasteiger charge is 2.04. The summed E-state index contributed by atoms with van der Waals surface area (Å²) in [5.74, 6) is 18.0. The molecule has 2 N–H and O–H groups in total. The minimum Gasteiger partial charge on any atom is -0.453 e. The van der Waals surface area contributed by atoms with Crippen LogP contribution in [0.15, 0.2) is 0 Å². The number of aliphatic hydroxyl groups is 2. The molecule has 86 valence electrons. The summed E-state index contributed by atoms with van der Waals surface area (Å²) in [7, 11) is 0. The fourth-order valence-electron chi connectivity index (χ4n) is 0.530. The third-order valence-electron chi connectivity index (χ3n) is 1.22. The van der Waals surface area contributed by atoms with E-state index in [1.165, 1.54) is 0 Å². The van der Waals surface area contributed by atoms with Crippen LogP contribution >= 0.6 is 0 Å². The van der Waals surface area contributed by atoms with Crippen molar-refractivity contribution in [2.24, 2.45) is 0 Å². The SMILES string of the molecule is CC#CC#CC#CC#CC(=O)OCC(O)CO. The summed E-state index contributed by atoms with van der Waals surface area (Å²) in [4.78, 5) is 10.9. The molecule has 1 unspecified atom stereocenters. The van der Waals surface area contributed by atoms with E-state index in [2.05, 4.69) is 52.1 Å². The predicted octanol–water partition coefficient (Wildman–Crippen LogP) is -1.08. The van der Waals surface area contributed by atoms with Gasteiger partial charge in [-0.2, -0.15) is 0 Å². The first-order valence-corrected chi connectivity index (χ1v) is 4.59. The molecule has 0 radical (unpaired) electrons. The van der Waals surface area contributed by atoms with Crippen molar-refractivity contribution in [2.45, 2.75) is 13.0 Å². The van der Waals surface area contributed by atoms with Gasteiger partial charge < -0.3 is 14.9 Å². The van der Waals surface area contributed by atoms with E-state index in [0.29, 0.717) is 0 Å². The van der Waals surface area contributed by atoms with Gasteiger partial charge in [0.2, 0.25) is 0 Å². The van der Waals surface area contributed by atoms with Gasteiger partial charge in [0, 0.05) is 5.92 Å². The lowest BCUT2D eigenvalue weighted by Crippen LogP contribution is -2.21. The fourth-order valence-corrected chi connectivity index (χ4v) is 0.530. The fraction of sp³-hybridized carbons (Fsp3) is 0.308. The summed E-state index contributed by atoms with van der Waals surface area (Å²) in [5, 5.41) is 17.3. The number of hydrogen-bond acceptors (Lipinski definition) is 4. The molecule has 0 aliphatic carbocycles. The van der Waals surface area contributed by atoms with Crippen molar-refractivity contribution in [3.8, 4) is 47.4 Å². The second kappa shape index (κ2) is 10.2. The van der Waals surface area contributed by atoms with Crippen molar-refractivity contribution >= 4 is 5.97 Å². The Morgan fingerprint density at radius 3 is 2.35 bits per heavy atom. The Morgan fingerprint density at radius 1 is 1.18 bits per heavy atom. The highest BCUT2D eigenvalue weighted by Crippen LogP contribution is 1.83. The van der Waals surface area contributed by atoms with Crippen LogP contribution in [-0.2, 0) is 9.53 Å². The molecule has 1 atom stereocenters. The van der Waals surface area contributed by atoms with Crippen LogP contribution in [0.25, 0.3) is 0 Å². The number of ether oxygens (including phenoxy) is 1. The lowest BCUT2D eigenvalue weighted by molar-refractivity contribution is -0.140. The second-order valence-electron chi connectivity index (χ2n) is 2.56. The van der Waals surface area contributed by atoms with Gasteiger partial charge in [0.05, 0.1) is 6.61 Å². The quantitative estimate of drug-likeness (QED) is 0.367. The zero-order chi connectivity index (χ0) is 12.9. The molecule has 0 aliphatic rings. The molecular weight excluding hydrogens is 220 g/mol. The van der Waals surface area contributed by atoms with Gasteiger partial charge in [-0.25, -0.2) is 4.79 Å². The number of hydrogen-bond donors (Lipinski definition) is 2. The first-order valence-electron chi connectivity index (χ1n) is 4.59. The van der Waals surface area contributed by atoms with Gasteiger partial charge >= 0.3 is 5.97 Å². The van der Waals surface area contributed by atoms with Gasteiger partial charge in [-0.1, -0.05) is 5.92 Å². The van der Waals surface area contributed by atoms with Crippen molar-refractivity contribution in [1.82, 2.24) is 0 Å². The monoisotopic (exact) mass is 230 g/mol. The van der Waals surface area contributed by atoms with E-state index in [4.69, 9.17) is 10.2 Å². The molecular formula is C13H10O4. The Labute approximate surface area is 100.0 Å². The topological polar surface area (TPSA) is 66.8 Å². The Hall–Kier alpha value is -2.37. The summed E-state index contributed by atoms with van der Waals surface area (Å²) in [6.45, 7) is 0.872. The van der Waals surface area contributed by atoms with E-state index >= 15 is 0 Å². The molecule has 0 aromatic rings. The first kappa shape index (κ1) is 14.6. The van der Waals surface area contributed by atoms with Crippen LogP contribution in [-0.4, -0.2) is 35.5 Å². The van der Waals surface area contributed by atoms with Crippen LogP contribution in [0.4, 0.5) is 0 Å². The molecule has 0 rings (SSSR count). The predicted molar refractivity (Wildman–Crippen MR) is 60.8 cm³/mol. The van der Waals surface area contributed by atoms with Gasteiger partial charge in [0.25, 0.3) is 0 Å². The van der Waals surface area contributed by atoms with Crippen molar-refractivity contribution in [1.29, 1.82) is 0 Å². The van der Waals surface area contributed by atoms with Crippen LogP contribution in [0, 0.1) is 47.4 Å². The maximum Gasteiger partial charge on any atom is 0.385 e. The van der Waals surface area contributed by atoms with E-state index in [1.54, 1.807) is 6.92 Å². The maximum atomic E-state index is 10.9. The highest BCUT2D eigenvalue weighted by molar-refractivity contribution is 5.89. The van der Waals surface area contributed by atoms with Crippen molar-refractivity contribution in [3.63, 3.8) is 0 Å². The van der Waals surface area contributed by atoms with Gasteiger partial charge in [-0.3, -0.25) is 0 Å². The largest absolute Gasteiger partial charge is 0.453 e. The number of esters is 1. The van der Waals surface area contributed by atoms with E-state index in [0.717, 1.165) is 0 Å². The summed E-state index contributed by atoms with van der Waals surface area (Å²) in [6, 6.07) is 0. The molecule has 0 fully saturated rings. The number of rotatable bonds is 3. The zero-order valence-electron chi connectivity index (χ0n) is 9.20. The van der Waals surface area contributed by atoms with Crippen molar-refractivity contribution < 1.29 is 19.7 Å². The zero-order valence-corrected chi connectivity index (χ0v) is 9.20. The van der Waals surface area contributed by atoms with Crippen LogP contribution in [0.5, 0.6) is 0 Å². The molecule has 17 heavy (non-hydrogen) atoms. The average Bonchev–Trinajstić information content (AvgIpc) is 2.34. The second-order valence-corrected chi connectivity index (χ2v) is 2.56. The minimum atomic E-state index is -1.09.